The van der Waals surface area contributed by atoms with Crippen molar-refractivity contribution in [2.45, 2.75) is 20.4 Å². The van der Waals surface area contributed by atoms with Crippen molar-refractivity contribution in [2.24, 2.45) is 0 Å². The average Bonchev–Trinajstić information content (AvgIpc) is 3.02. The Bertz CT molecular complexity index is 938. The van der Waals surface area contributed by atoms with E-state index in [9.17, 15) is 9.59 Å². The van der Waals surface area contributed by atoms with Crippen LogP contribution < -0.4 is 16.0 Å². The number of carbonyl (C=O) groups excluding carboxylic acids is 2. The topological polar surface area (TPSA) is 96.0 Å². The highest BCUT2D eigenvalue weighted by molar-refractivity contribution is 7.17. The molecule has 8 heteroatoms. The quantitative estimate of drug-likeness (QED) is 0.627. The Hall–Kier alpha value is -3.26. The van der Waals surface area contributed by atoms with E-state index < -0.39 is 6.03 Å². The second-order valence-electron chi connectivity index (χ2n) is 5.88. The van der Waals surface area contributed by atoms with E-state index in [1.54, 1.807) is 13.1 Å². The molecule has 3 N–H and O–H groups in total. The maximum atomic E-state index is 12.4. The largest absolute Gasteiger partial charge is 0.346 e. The van der Waals surface area contributed by atoms with Crippen LogP contribution in [-0.4, -0.2) is 21.9 Å². The molecule has 138 valence electrons. The molecule has 0 aliphatic heterocycles. The molecule has 7 nitrogen and oxygen atoms in total. The van der Waals surface area contributed by atoms with E-state index in [0.29, 0.717) is 27.9 Å². The fourth-order valence-electron chi connectivity index (χ4n) is 2.31. The minimum absolute atomic E-state index is 0.248. The van der Waals surface area contributed by atoms with Crippen molar-refractivity contribution >= 4 is 34.1 Å². The molecule has 0 aliphatic rings. The van der Waals surface area contributed by atoms with E-state index in [0.717, 1.165) is 22.6 Å². The lowest BCUT2D eigenvalue weighted by atomic mass is 10.2. The summed E-state index contributed by atoms with van der Waals surface area (Å²) >= 11 is 1.13. The van der Waals surface area contributed by atoms with Gasteiger partial charge in [0, 0.05) is 11.9 Å². The monoisotopic (exact) mass is 381 g/mol. The maximum Gasteiger partial charge on any atom is 0.325 e. The summed E-state index contributed by atoms with van der Waals surface area (Å²) < 4.78 is 0. The van der Waals surface area contributed by atoms with Crippen LogP contribution in [0.1, 0.15) is 26.6 Å². The summed E-state index contributed by atoms with van der Waals surface area (Å²) in [6.45, 7) is 4.03. The van der Waals surface area contributed by atoms with Gasteiger partial charge in [-0.1, -0.05) is 35.1 Å². The lowest BCUT2D eigenvalue weighted by Gasteiger charge is -2.05. The zero-order chi connectivity index (χ0) is 19.2. The highest BCUT2D eigenvalue weighted by Crippen LogP contribution is 2.23. The molecule has 0 spiro atoms. The number of benzene rings is 1. The van der Waals surface area contributed by atoms with Crippen molar-refractivity contribution in [3.8, 4) is 0 Å². The fraction of sp³-hybridized carbons (Fsp3) is 0.158. The van der Waals surface area contributed by atoms with E-state index >= 15 is 0 Å². The van der Waals surface area contributed by atoms with Gasteiger partial charge >= 0.3 is 6.03 Å². The molecule has 3 rings (SSSR count). The number of pyridine rings is 1. The van der Waals surface area contributed by atoms with E-state index in [2.05, 4.69) is 25.9 Å². The summed E-state index contributed by atoms with van der Waals surface area (Å²) in [4.78, 5) is 33.3. The molecular formula is C19H19N5O2S. The number of hydrogen-bond donors (Lipinski definition) is 3. The van der Waals surface area contributed by atoms with Crippen LogP contribution in [0.15, 0.2) is 48.7 Å². The number of thiazole rings is 1. The average molecular weight is 381 g/mol. The molecule has 27 heavy (non-hydrogen) atoms. The predicted molar refractivity (Wildman–Crippen MR) is 106 cm³/mol. The molecule has 0 radical (unpaired) electrons. The number of carbonyl (C=O) groups is 2. The normalized spacial score (nSPS) is 10.3. The first kappa shape index (κ1) is 18.5. The number of amides is 3. The molecule has 3 aromatic rings. The van der Waals surface area contributed by atoms with Gasteiger partial charge in [-0.25, -0.2) is 9.78 Å². The van der Waals surface area contributed by atoms with E-state index in [-0.39, 0.29) is 5.91 Å². The Labute approximate surface area is 160 Å². The van der Waals surface area contributed by atoms with Crippen LogP contribution in [0.3, 0.4) is 0 Å². The lowest BCUT2D eigenvalue weighted by molar-refractivity contribution is 0.0953. The first-order valence-corrected chi connectivity index (χ1v) is 9.13. The van der Waals surface area contributed by atoms with Crippen LogP contribution in [0.4, 0.5) is 15.6 Å². The van der Waals surface area contributed by atoms with Crippen molar-refractivity contribution in [1.29, 1.82) is 0 Å². The SMILES string of the molecule is Cc1ccc(NC(=O)Nc2nc(C)c(C(=O)NCc3ccccn3)s2)cc1. The third kappa shape index (κ3) is 5.11. The number of aromatic nitrogens is 2. The molecule has 0 aliphatic carbocycles. The van der Waals surface area contributed by atoms with Crippen LogP contribution in [0.2, 0.25) is 0 Å². The molecule has 2 heterocycles. The standard InChI is InChI=1S/C19H19N5O2S/c1-12-6-8-14(9-7-12)23-18(26)24-19-22-13(2)16(27-19)17(25)21-11-15-5-3-4-10-20-15/h3-10H,11H2,1-2H3,(H,21,25)(H2,22,23,24,26). The minimum atomic E-state index is -0.409. The van der Waals surface area contributed by atoms with Crippen molar-refractivity contribution in [3.63, 3.8) is 0 Å². The van der Waals surface area contributed by atoms with Gasteiger partial charge in [0.25, 0.3) is 5.91 Å². The van der Waals surface area contributed by atoms with Gasteiger partial charge < -0.3 is 10.6 Å². The zero-order valence-corrected chi connectivity index (χ0v) is 15.8. The number of anilines is 2. The summed E-state index contributed by atoms with van der Waals surface area (Å²) in [6, 6.07) is 12.6. The predicted octanol–water partition coefficient (Wildman–Crippen LogP) is 3.73. The second kappa shape index (κ2) is 8.41. The molecule has 0 saturated heterocycles. The Kier molecular flexibility index (Phi) is 5.77. The van der Waals surface area contributed by atoms with Crippen molar-refractivity contribution in [3.05, 3.63) is 70.5 Å². The molecule has 0 unspecified atom stereocenters. The molecule has 0 atom stereocenters. The third-order valence-electron chi connectivity index (χ3n) is 3.69. The van der Waals surface area contributed by atoms with Crippen LogP contribution >= 0.6 is 11.3 Å². The number of urea groups is 1. The number of nitrogens with zero attached hydrogens (tertiary/aromatic N) is 2. The number of aryl methyl sites for hydroxylation is 2. The van der Waals surface area contributed by atoms with Crippen LogP contribution in [0, 0.1) is 13.8 Å². The second-order valence-corrected chi connectivity index (χ2v) is 6.88. The van der Waals surface area contributed by atoms with Crippen LogP contribution in [-0.2, 0) is 6.54 Å². The Morgan fingerprint density at radius 1 is 1.04 bits per heavy atom. The highest BCUT2D eigenvalue weighted by atomic mass is 32.1. The Morgan fingerprint density at radius 3 is 2.52 bits per heavy atom. The highest BCUT2D eigenvalue weighted by Gasteiger charge is 2.16. The first-order valence-electron chi connectivity index (χ1n) is 8.31. The molecule has 0 saturated carbocycles. The fourth-order valence-corrected chi connectivity index (χ4v) is 3.19. The summed E-state index contributed by atoms with van der Waals surface area (Å²) in [7, 11) is 0. The van der Waals surface area contributed by atoms with Gasteiger partial charge in [-0.15, -0.1) is 0 Å². The molecule has 1 aromatic carbocycles. The number of rotatable bonds is 5. The van der Waals surface area contributed by atoms with Gasteiger partial charge in [0.1, 0.15) is 4.88 Å². The molecule has 2 aromatic heterocycles. The van der Waals surface area contributed by atoms with Gasteiger partial charge in [-0.2, -0.15) is 0 Å². The van der Waals surface area contributed by atoms with E-state index in [1.165, 1.54) is 0 Å². The van der Waals surface area contributed by atoms with Crippen molar-refractivity contribution < 1.29 is 9.59 Å². The van der Waals surface area contributed by atoms with Gasteiger partial charge in [-0.05, 0) is 38.1 Å². The summed E-state index contributed by atoms with van der Waals surface area (Å²) in [6.07, 6.45) is 1.67. The van der Waals surface area contributed by atoms with Gasteiger partial charge in [0.2, 0.25) is 0 Å². The van der Waals surface area contributed by atoms with Crippen LogP contribution in [0.25, 0.3) is 0 Å². The summed E-state index contributed by atoms with van der Waals surface area (Å²) in [5.41, 5.74) is 3.12. The number of hydrogen-bond acceptors (Lipinski definition) is 5. The maximum absolute atomic E-state index is 12.4. The molecule has 0 bridgehead atoms. The van der Waals surface area contributed by atoms with Gasteiger partial charge in [0.15, 0.2) is 5.13 Å². The van der Waals surface area contributed by atoms with Gasteiger partial charge in [0.05, 0.1) is 17.9 Å². The van der Waals surface area contributed by atoms with Crippen molar-refractivity contribution in [1.82, 2.24) is 15.3 Å². The van der Waals surface area contributed by atoms with E-state index in [1.807, 2.05) is 49.4 Å². The minimum Gasteiger partial charge on any atom is -0.346 e. The lowest BCUT2D eigenvalue weighted by Crippen LogP contribution is -2.23. The van der Waals surface area contributed by atoms with Crippen LogP contribution in [0.5, 0.6) is 0 Å². The third-order valence-corrected chi connectivity index (χ3v) is 4.76. The molecular weight excluding hydrogens is 362 g/mol. The van der Waals surface area contributed by atoms with E-state index in [4.69, 9.17) is 0 Å². The Balaban J connectivity index is 1.59. The van der Waals surface area contributed by atoms with Gasteiger partial charge in [-0.3, -0.25) is 15.1 Å². The summed E-state index contributed by atoms with van der Waals surface area (Å²) in [5.74, 6) is -0.248. The molecule has 0 fully saturated rings. The smallest absolute Gasteiger partial charge is 0.325 e. The zero-order valence-electron chi connectivity index (χ0n) is 14.9. The first-order chi connectivity index (χ1) is 13.0. The summed E-state index contributed by atoms with van der Waals surface area (Å²) in [5, 5.41) is 8.56. The van der Waals surface area contributed by atoms with Crippen molar-refractivity contribution in [2.75, 3.05) is 10.6 Å². The number of nitrogens with one attached hydrogen (secondary N) is 3. The Morgan fingerprint density at radius 2 is 1.81 bits per heavy atom. The molecule has 3 amide bonds.